The van der Waals surface area contributed by atoms with Crippen molar-refractivity contribution in [1.82, 2.24) is 5.32 Å². The molecule has 7 heteroatoms. The first kappa shape index (κ1) is 12.3. The lowest BCUT2D eigenvalue weighted by atomic mass is 9.95. The average Bonchev–Trinajstić information content (AvgIpc) is 2.25. The molecule has 0 spiro atoms. The van der Waals surface area contributed by atoms with Crippen LogP contribution in [0, 0.1) is 0 Å². The molecule has 1 rings (SSSR count). The van der Waals surface area contributed by atoms with Gasteiger partial charge in [-0.05, 0) is 0 Å². The Morgan fingerprint density at radius 1 is 1.27 bits per heavy atom. The van der Waals surface area contributed by atoms with E-state index in [4.69, 9.17) is 9.84 Å². The minimum absolute atomic E-state index is 0.543. The van der Waals surface area contributed by atoms with E-state index in [1.807, 2.05) is 0 Å². The maximum Gasteiger partial charge on any atom is 0.251 e. The Kier molecular flexibility index (Phi) is 4.00. The molecule has 5 atom stereocenters. The Labute approximate surface area is 86.3 Å². The quantitative estimate of drug-likeness (QED) is 0.331. The summed E-state index contributed by atoms with van der Waals surface area (Å²) in [4.78, 5) is 11.2. The summed E-state index contributed by atoms with van der Waals surface area (Å²) in [5.74, 6) is -0.619. The molecular weight excluding hydrogens is 206 g/mol. The Bertz CT molecular complexity index is 233. The van der Waals surface area contributed by atoms with Crippen LogP contribution in [0.2, 0.25) is 0 Å². The summed E-state index contributed by atoms with van der Waals surface area (Å²) in [7, 11) is 1.35. The van der Waals surface area contributed by atoms with Crippen LogP contribution in [0.3, 0.4) is 0 Å². The third-order valence-electron chi connectivity index (χ3n) is 2.40. The third-order valence-corrected chi connectivity index (χ3v) is 2.40. The van der Waals surface area contributed by atoms with E-state index in [9.17, 15) is 20.1 Å². The molecule has 7 nitrogen and oxygen atoms in total. The van der Waals surface area contributed by atoms with Crippen LogP contribution < -0.4 is 5.32 Å². The normalized spacial score (nSPS) is 41.3. The summed E-state index contributed by atoms with van der Waals surface area (Å²) in [5.41, 5.74) is 0. The van der Waals surface area contributed by atoms with Crippen LogP contribution in [0.1, 0.15) is 0 Å². The maximum atomic E-state index is 11.2. The van der Waals surface area contributed by atoms with Gasteiger partial charge in [-0.25, -0.2) is 0 Å². The highest BCUT2D eigenvalue weighted by Gasteiger charge is 2.46. The predicted octanol–water partition coefficient (Wildman–Crippen LogP) is -3.43. The molecular formula is C8H15NO6. The van der Waals surface area contributed by atoms with Gasteiger partial charge in [0.15, 0.2) is 6.10 Å². The predicted molar refractivity (Wildman–Crippen MR) is 47.8 cm³/mol. The summed E-state index contributed by atoms with van der Waals surface area (Å²) < 4.78 is 4.96. The highest BCUT2D eigenvalue weighted by atomic mass is 16.5. The Balaban J connectivity index is 2.78. The lowest BCUT2D eigenvalue weighted by molar-refractivity contribution is -0.226. The van der Waals surface area contributed by atoms with Gasteiger partial charge in [0.2, 0.25) is 0 Å². The van der Waals surface area contributed by atoms with Gasteiger partial charge in [0.05, 0.1) is 6.61 Å². The number of hydrogen-bond donors (Lipinski definition) is 5. The van der Waals surface area contributed by atoms with Gasteiger partial charge in [-0.1, -0.05) is 0 Å². The van der Waals surface area contributed by atoms with Crippen LogP contribution in [0.4, 0.5) is 0 Å². The molecule has 1 aliphatic heterocycles. The molecule has 0 aromatic carbocycles. The number of hydrogen-bond acceptors (Lipinski definition) is 6. The van der Waals surface area contributed by atoms with Crippen molar-refractivity contribution < 1.29 is 30.0 Å². The highest BCUT2D eigenvalue weighted by Crippen LogP contribution is 2.20. The van der Waals surface area contributed by atoms with Gasteiger partial charge in [-0.2, -0.15) is 0 Å². The Hall–Kier alpha value is -0.730. The van der Waals surface area contributed by atoms with Crippen LogP contribution in [0.5, 0.6) is 0 Å². The molecule has 5 N–H and O–H groups in total. The minimum Gasteiger partial charge on any atom is -0.394 e. The number of carbonyl (C=O) groups excluding carboxylic acids is 1. The average molecular weight is 221 g/mol. The number of aliphatic hydroxyl groups is 4. The topological polar surface area (TPSA) is 119 Å². The first-order valence-electron chi connectivity index (χ1n) is 4.55. The second kappa shape index (κ2) is 4.86. The number of carbonyl (C=O) groups is 1. The molecule has 1 saturated heterocycles. The zero-order valence-corrected chi connectivity index (χ0v) is 8.20. The summed E-state index contributed by atoms with van der Waals surface area (Å²) >= 11 is 0. The standard InChI is InChI=1S/C8H15NO6/c1-9-8(14)7-6(13)5(12)4(11)3(2-10)15-7/h3-7,10-13H,2H2,1H3,(H,9,14)/t3-,4-,5+,6-,7-/m1/s1. The van der Waals surface area contributed by atoms with Crippen molar-refractivity contribution in [3.8, 4) is 0 Å². The second-order valence-electron chi connectivity index (χ2n) is 3.36. The Morgan fingerprint density at radius 3 is 2.33 bits per heavy atom. The summed E-state index contributed by atoms with van der Waals surface area (Å²) in [6.07, 6.45) is -6.80. The van der Waals surface area contributed by atoms with Crippen LogP contribution in [-0.2, 0) is 9.53 Å². The molecule has 1 heterocycles. The molecule has 1 amide bonds. The molecule has 0 aliphatic carbocycles. The fourth-order valence-corrected chi connectivity index (χ4v) is 1.46. The zero-order chi connectivity index (χ0) is 11.6. The van der Waals surface area contributed by atoms with Crippen molar-refractivity contribution in [2.24, 2.45) is 0 Å². The molecule has 88 valence electrons. The summed E-state index contributed by atoms with van der Waals surface area (Å²) in [6.45, 7) is -0.543. The van der Waals surface area contributed by atoms with Crippen molar-refractivity contribution in [2.45, 2.75) is 30.5 Å². The van der Waals surface area contributed by atoms with Gasteiger partial charge < -0.3 is 30.5 Å². The molecule has 0 radical (unpaired) electrons. The molecule has 1 aliphatic rings. The van der Waals surface area contributed by atoms with E-state index in [-0.39, 0.29) is 0 Å². The number of ether oxygens (including phenoxy) is 1. The van der Waals surface area contributed by atoms with Crippen molar-refractivity contribution in [1.29, 1.82) is 0 Å². The van der Waals surface area contributed by atoms with E-state index < -0.39 is 43.0 Å². The number of rotatable bonds is 2. The van der Waals surface area contributed by atoms with Crippen molar-refractivity contribution in [3.05, 3.63) is 0 Å². The molecule has 15 heavy (non-hydrogen) atoms. The third kappa shape index (κ3) is 2.27. The lowest BCUT2D eigenvalue weighted by Crippen LogP contribution is -2.62. The van der Waals surface area contributed by atoms with Crippen LogP contribution in [-0.4, -0.2) is 70.5 Å². The molecule has 0 bridgehead atoms. The first-order chi connectivity index (χ1) is 7.02. The van der Waals surface area contributed by atoms with Crippen LogP contribution in [0.25, 0.3) is 0 Å². The smallest absolute Gasteiger partial charge is 0.251 e. The van der Waals surface area contributed by atoms with Gasteiger partial charge in [-0.3, -0.25) is 4.79 Å². The van der Waals surface area contributed by atoms with Gasteiger partial charge in [0.1, 0.15) is 24.4 Å². The Morgan fingerprint density at radius 2 is 1.87 bits per heavy atom. The molecule has 0 unspecified atom stereocenters. The van der Waals surface area contributed by atoms with Crippen molar-refractivity contribution in [3.63, 3.8) is 0 Å². The molecule has 1 fully saturated rings. The maximum absolute atomic E-state index is 11.2. The zero-order valence-electron chi connectivity index (χ0n) is 8.20. The van der Waals surface area contributed by atoms with Crippen molar-refractivity contribution >= 4 is 5.91 Å². The van der Waals surface area contributed by atoms with E-state index in [0.717, 1.165) is 0 Å². The minimum atomic E-state index is -1.52. The van der Waals surface area contributed by atoms with Gasteiger partial charge >= 0.3 is 0 Å². The number of aliphatic hydroxyl groups excluding tert-OH is 4. The summed E-state index contributed by atoms with van der Waals surface area (Å²) in [5, 5.41) is 39.3. The molecule has 0 saturated carbocycles. The SMILES string of the molecule is CNC(=O)[C@@H]1O[C@H](CO)[C@@H](O)[C@H](O)[C@H]1O. The fraction of sp³-hybridized carbons (Fsp3) is 0.875. The largest absolute Gasteiger partial charge is 0.394 e. The monoisotopic (exact) mass is 221 g/mol. The van der Waals surface area contributed by atoms with Gasteiger partial charge in [-0.15, -0.1) is 0 Å². The van der Waals surface area contributed by atoms with Gasteiger partial charge in [0.25, 0.3) is 5.91 Å². The van der Waals surface area contributed by atoms with Gasteiger partial charge in [0, 0.05) is 7.05 Å². The van der Waals surface area contributed by atoms with Crippen LogP contribution in [0.15, 0.2) is 0 Å². The van der Waals surface area contributed by atoms with E-state index in [2.05, 4.69) is 5.32 Å². The summed E-state index contributed by atoms with van der Waals surface area (Å²) in [6, 6.07) is 0. The second-order valence-corrected chi connectivity index (χ2v) is 3.36. The van der Waals surface area contributed by atoms with E-state index in [1.165, 1.54) is 7.05 Å². The molecule has 0 aromatic heterocycles. The number of amides is 1. The first-order valence-corrected chi connectivity index (χ1v) is 4.55. The van der Waals surface area contributed by atoms with E-state index >= 15 is 0 Å². The van der Waals surface area contributed by atoms with Crippen LogP contribution >= 0.6 is 0 Å². The highest BCUT2D eigenvalue weighted by molar-refractivity contribution is 5.81. The molecule has 0 aromatic rings. The number of likely N-dealkylation sites (N-methyl/N-ethyl adjacent to an activating group) is 1. The van der Waals surface area contributed by atoms with E-state index in [1.54, 1.807) is 0 Å². The van der Waals surface area contributed by atoms with Crippen molar-refractivity contribution in [2.75, 3.05) is 13.7 Å². The lowest BCUT2D eigenvalue weighted by Gasteiger charge is -2.38. The van der Waals surface area contributed by atoms with E-state index in [0.29, 0.717) is 0 Å². The number of nitrogens with one attached hydrogen (secondary N) is 1. The fourth-order valence-electron chi connectivity index (χ4n) is 1.46.